The quantitative estimate of drug-likeness (QED) is 0.476. The average molecular weight is 274 g/mol. The molecule has 0 aliphatic carbocycles. The zero-order valence-corrected chi connectivity index (χ0v) is 10.7. The van der Waals surface area contributed by atoms with E-state index in [1.165, 1.54) is 25.1 Å². The van der Waals surface area contributed by atoms with Gasteiger partial charge in [-0.15, -0.1) is 0 Å². The number of hydrogen-bond acceptors (Lipinski definition) is 6. The van der Waals surface area contributed by atoms with Crippen molar-refractivity contribution in [1.82, 2.24) is 4.90 Å². The predicted octanol–water partition coefficient (Wildman–Crippen LogP) is 1.18. The number of hydrogen-bond donors (Lipinski definition) is 1. The highest BCUT2D eigenvalue weighted by Crippen LogP contribution is 2.36. The molecule has 2 N–H and O–H groups in total. The van der Waals surface area contributed by atoms with Gasteiger partial charge in [-0.05, 0) is 14.0 Å². The van der Waals surface area contributed by atoms with Crippen molar-refractivity contribution in [3.63, 3.8) is 0 Å². The van der Waals surface area contributed by atoms with Gasteiger partial charge in [0.05, 0.1) is 17.7 Å². The van der Waals surface area contributed by atoms with E-state index in [-0.39, 0.29) is 35.9 Å². The highest BCUT2D eigenvalue weighted by atomic mass is 16.6. The molecule has 0 saturated heterocycles. The van der Waals surface area contributed by atoms with Gasteiger partial charge in [-0.1, -0.05) is 0 Å². The first-order chi connectivity index (χ1) is 11.3. The third-order valence-electron chi connectivity index (χ3n) is 2.59. The van der Waals surface area contributed by atoms with Crippen molar-refractivity contribution in [2.24, 2.45) is 0 Å². The molecule has 0 bridgehead atoms. The number of nitrogens with two attached hydrogens (primary N) is 1. The fourth-order valence-corrected chi connectivity index (χ4v) is 1.57. The number of likely N-dealkylation sites (N-methyl/N-ethyl adjacent to an activating group) is 2. The van der Waals surface area contributed by atoms with E-state index in [4.69, 9.17) is 18.7 Å². The summed E-state index contributed by atoms with van der Waals surface area (Å²) in [5.74, 6) is 0.218. The molecule has 0 aromatic heterocycles. The maximum atomic E-state index is 11.2. The van der Waals surface area contributed by atoms with Crippen molar-refractivity contribution in [2.45, 2.75) is 0 Å². The van der Waals surface area contributed by atoms with E-state index in [1.807, 2.05) is 0 Å². The molecular weight excluding hydrogens is 248 g/mol. The molecule has 1 rings (SSSR count). The number of nitro groups is 1. The number of methoxy groups -OCH3 is 1. The third kappa shape index (κ3) is 3.72. The van der Waals surface area contributed by atoms with Crippen molar-refractivity contribution >= 4 is 17.1 Å². The second-order valence-electron chi connectivity index (χ2n) is 3.91. The van der Waals surface area contributed by atoms with Crippen molar-refractivity contribution < 1.29 is 17.9 Å². The summed E-state index contributed by atoms with van der Waals surface area (Å²) in [6, 6.07) is 2.48. The number of nitro benzene ring substituents is 1. The third-order valence-corrected chi connectivity index (χ3v) is 2.59. The van der Waals surface area contributed by atoms with E-state index in [2.05, 4.69) is 0 Å². The fourth-order valence-electron chi connectivity index (χ4n) is 1.57. The number of nitrogen functional groups attached to an aromatic ring is 1. The van der Waals surface area contributed by atoms with Crippen LogP contribution in [-0.2, 0) is 0 Å². The molecule has 0 amide bonds. The van der Waals surface area contributed by atoms with Gasteiger partial charge in [-0.3, -0.25) is 10.1 Å². The lowest BCUT2D eigenvalue weighted by molar-refractivity contribution is -0.384. The molecule has 1 aromatic carbocycles. The topological polar surface area (TPSA) is 84.9 Å². The van der Waals surface area contributed by atoms with Crippen LogP contribution in [0, 0.1) is 10.1 Å². The first kappa shape index (κ1) is 8.21. The molecule has 0 heterocycles. The molecule has 7 nitrogen and oxygen atoms in total. The monoisotopic (exact) mass is 274 g/mol. The molecular formula is C12H20N4O3. The molecule has 0 radical (unpaired) electrons. The van der Waals surface area contributed by atoms with E-state index in [1.54, 1.807) is 0 Å². The summed E-state index contributed by atoms with van der Waals surface area (Å²) in [6.45, 7) is -6.08. The molecule has 0 spiro atoms. The number of nitrogens with zero attached hydrogens (tertiary/aromatic N) is 3. The van der Waals surface area contributed by atoms with Gasteiger partial charge in [-0.2, -0.15) is 0 Å². The molecule has 0 aliphatic rings. The maximum Gasteiger partial charge on any atom is 0.294 e. The molecule has 0 aliphatic heterocycles. The molecule has 0 unspecified atom stereocenters. The second kappa shape index (κ2) is 6.24. The molecule has 19 heavy (non-hydrogen) atoms. The molecule has 7 heteroatoms. The van der Waals surface area contributed by atoms with Crippen molar-refractivity contribution in [1.29, 1.82) is 0 Å². The van der Waals surface area contributed by atoms with Crippen LogP contribution < -0.4 is 15.4 Å². The minimum Gasteiger partial charge on any atom is -0.495 e. The van der Waals surface area contributed by atoms with Crippen LogP contribution in [0.2, 0.25) is 0 Å². The molecule has 0 atom stereocenters. The molecule has 0 fully saturated rings. The van der Waals surface area contributed by atoms with Crippen molar-refractivity contribution in [3.05, 3.63) is 22.2 Å². The Morgan fingerprint density at radius 3 is 2.68 bits per heavy atom. The average Bonchev–Trinajstić information content (AvgIpc) is 2.43. The Kier molecular flexibility index (Phi) is 2.69. The van der Waals surface area contributed by atoms with Crippen LogP contribution in [-0.4, -0.2) is 51.0 Å². The Morgan fingerprint density at radius 2 is 2.16 bits per heavy atom. The summed E-state index contributed by atoms with van der Waals surface area (Å²) in [4.78, 5) is 12.4. The van der Waals surface area contributed by atoms with E-state index < -0.39 is 18.9 Å². The van der Waals surface area contributed by atoms with Gasteiger partial charge in [0.25, 0.3) is 5.69 Å². The van der Waals surface area contributed by atoms with Crippen LogP contribution in [0.1, 0.15) is 8.22 Å². The first-order valence-corrected chi connectivity index (χ1v) is 5.39. The van der Waals surface area contributed by atoms with Gasteiger partial charge in [0.1, 0.15) is 11.4 Å². The maximum absolute atomic E-state index is 11.2. The number of ether oxygens (including phenoxy) is 1. The molecule has 1 aromatic rings. The number of rotatable bonds is 6. The summed E-state index contributed by atoms with van der Waals surface area (Å²) < 4.78 is 49.0. The van der Waals surface area contributed by atoms with E-state index in [0.717, 1.165) is 6.07 Å². The van der Waals surface area contributed by atoms with Crippen LogP contribution in [0.15, 0.2) is 12.1 Å². The minimum atomic E-state index is -2.82. The SMILES string of the molecule is [2H]C([2H])([2H])N(CCN(C)c1cc(OC)c(N)cc1[N+](=O)[O-])C([2H])([2H])[2H]. The van der Waals surface area contributed by atoms with Gasteiger partial charge < -0.3 is 20.3 Å². The van der Waals surface area contributed by atoms with Gasteiger partial charge in [0.15, 0.2) is 0 Å². The Labute approximate surface area is 121 Å². The first-order valence-electron chi connectivity index (χ1n) is 8.39. The standard InChI is InChI=1S/C12H20N4O3/c1-14(2)5-6-15(3)10-8-12(19-4)9(13)7-11(10)16(17)18/h7-8H,5-6,13H2,1-4H3/i1D3,2D3. The lowest BCUT2D eigenvalue weighted by Gasteiger charge is -2.22. The Balaban J connectivity index is 3.11. The lowest BCUT2D eigenvalue weighted by atomic mass is 10.2. The Morgan fingerprint density at radius 1 is 1.47 bits per heavy atom. The predicted molar refractivity (Wildman–Crippen MR) is 75.9 cm³/mol. The zero-order valence-electron chi connectivity index (χ0n) is 16.7. The smallest absolute Gasteiger partial charge is 0.294 e. The van der Waals surface area contributed by atoms with Gasteiger partial charge in [-0.25, -0.2) is 0 Å². The highest BCUT2D eigenvalue weighted by molar-refractivity contribution is 5.73. The fraction of sp³-hybridized carbons (Fsp3) is 0.500. The largest absolute Gasteiger partial charge is 0.495 e. The van der Waals surface area contributed by atoms with Crippen LogP contribution in [0.4, 0.5) is 17.1 Å². The van der Waals surface area contributed by atoms with E-state index in [0.29, 0.717) is 4.90 Å². The second-order valence-corrected chi connectivity index (χ2v) is 3.91. The van der Waals surface area contributed by atoms with E-state index in [9.17, 15) is 10.1 Å². The van der Waals surface area contributed by atoms with Crippen molar-refractivity contribution in [3.8, 4) is 5.75 Å². The van der Waals surface area contributed by atoms with Crippen LogP contribution in [0.5, 0.6) is 5.75 Å². The summed E-state index contributed by atoms with van der Waals surface area (Å²) in [5, 5.41) is 11.2. The lowest BCUT2D eigenvalue weighted by Crippen LogP contribution is -2.28. The number of anilines is 2. The summed E-state index contributed by atoms with van der Waals surface area (Å²) >= 11 is 0. The highest BCUT2D eigenvalue weighted by Gasteiger charge is 2.20. The Bertz CT molecular complexity index is 621. The molecule has 0 saturated carbocycles. The number of benzene rings is 1. The van der Waals surface area contributed by atoms with Crippen LogP contribution >= 0.6 is 0 Å². The van der Waals surface area contributed by atoms with Crippen LogP contribution in [0.3, 0.4) is 0 Å². The van der Waals surface area contributed by atoms with Gasteiger partial charge >= 0.3 is 0 Å². The van der Waals surface area contributed by atoms with Crippen molar-refractivity contribution in [2.75, 3.05) is 51.8 Å². The summed E-state index contributed by atoms with van der Waals surface area (Å²) in [7, 11) is 2.83. The van der Waals surface area contributed by atoms with E-state index >= 15 is 0 Å². The normalized spacial score (nSPS) is 16.6. The minimum absolute atomic E-state index is 0.0787. The zero-order chi connectivity index (χ0) is 19.6. The summed E-state index contributed by atoms with van der Waals surface area (Å²) in [6.07, 6.45) is 0. The van der Waals surface area contributed by atoms with Gasteiger partial charge in [0, 0.05) is 40.5 Å². The van der Waals surface area contributed by atoms with Gasteiger partial charge in [0.2, 0.25) is 0 Å². The summed E-state index contributed by atoms with van der Waals surface area (Å²) in [5.41, 5.74) is 5.59. The van der Waals surface area contributed by atoms with Crippen LogP contribution in [0.25, 0.3) is 0 Å². The Hall–Kier alpha value is -2.02. The molecule has 106 valence electrons.